The first-order valence-corrected chi connectivity index (χ1v) is 6.83. The first-order valence-electron chi connectivity index (χ1n) is 6.83. The minimum atomic E-state index is -0.982. The molecule has 1 saturated heterocycles. The highest BCUT2D eigenvalue weighted by molar-refractivity contribution is 6.07. The van der Waals surface area contributed by atoms with Crippen molar-refractivity contribution in [2.24, 2.45) is 5.10 Å². The Morgan fingerprint density at radius 3 is 2.73 bits per heavy atom. The third kappa shape index (κ3) is 2.52. The average Bonchev–Trinajstić information content (AvgIpc) is 2.71. The van der Waals surface area contributed by atoms with E-state index < -0.39 is 17.5 Å². The summed E-state index contributed by atoms with van der Waals surface area (Å²) in [5.41, 5.74) is -0.0585. The van der Waals surface area contributed by atoms with E-state index in [1.807, 2.05) is 0 Å². The zero-order valence-electron chi connectivity index (χ0n) is 12.6. The molecule has 0 spiro atoms. The third-order valence-corrected chi connectivity index (χ3v) is 3.78. The quantitative estimate of drug-likeness (QED) is 0.558. The molecule has 2 rings (SSSR count). The summed E-state index contributed by atoms with van der Waals surface area (Å²) in [6.07, 6.45) is 3.01. The first kappa shape index (κ1) is 15.9. The summed E-state index contributed by atoms with van der Waals surface area (Å²) in [6, 6.07) is -0.624. The van der Waals surface area contributed by atoms with Gasteiger partial charge in [0.05, 0.1) is 18.5 Å². The Kier molecular flexibility index (Phi) is 4.14. The van der Waals surface area contributed by atoms with E-state index in [1.54, 1.807) is 20.8 Å². The van der Waals surface area contributed by atoms with Gasteiger partial charge in [-0.2, -0.15) is 5.10 Å². The number of aromatic nitrogens is 1. The minimum absolute atomic E-state index is 0.152. The molecule has 118 valence electrons. The average molecular weight is 306 g/mol. The van der Waals surface area contributed by atoms with Crippen molar-refractivity contribution in [2.45, 2.75) is 39.3 Å². The summed E-state index contributed by atoms with van der Waals surface area (Å²) in [6.45, 7) is 4.65. The molecule has 0 aromatic carbocycles. The predicted molar refractivity (Wildman–Crippen MR) is 78.2 cm³/mol. The lowest BCUT2D eigenvalue weighted by molar-refractivity contribution is -0.130. The van der Waals surface area contributed by atoms with E-state index in [1.165, 1.54) is 12.4 Å². The van der Waals surface area contributed by atoms with E-state index in [0.717, 1.165) is 5.01 Å². The Bertz CT molecular complexity index is 658. The number of rotatable bonds is 4. The molecular weight excluding hydrogens is 288 g/mol. The molecule has 3 N–H and O–H groups in total. The van der Waals surface area contributed by atoms with Gasteiger partial charge in [-0.25, -0.2) is 4.79 Å². The maximum Gasteiger partial charge on any atom is 0.346 e. The van der Waals surface area contributed by atoms with Gasteiger partial charge >= 0.3 is 6.03 Å². The van der Waals surface area contributed by atoms with E-state index in [2.05, 4.69) is 15.4 Å². The van der Waals surface area contributed by atoms with Gasteiger partial charge in [-0.3, -0.25) is 9.78 Å². The monoisotopic (exact) mass is 306 g/mol. The van der Waals surface area contributed by atoms with Gasteiger partial charge in [0.1, 0.15) is 11.3 Å². The van der Waals surface area contributed by atoms with Crippen LogP contribution in [0.5, 0.6) is 5.75 Å². The van der Waals surface area contributed by atoms with E-state index in [-0.39, 0.29) is 17.9 Å². The largest absolute Gasteiger partial charge is 0.505 e. The van der Waals surface area contributed by atoms with E-state index >= 15 is 0 Å². The summed E-state index contributed by atoms with van der Waals surface area (Å²) in [4.78, 5) is 28.0. The molecule has 1 aliphatic rings. The van der Waals surface area contributed by atoms with Crippen LogP contribution in [0.3, 0.4) is 0 Å². The van der Waals surface area contributed by atoms with Gasteiger partial charge < -0.3 is 15.5 Å². The van der Waals surface area contributed by atoms with Crippen LogP contribution in [-0.4, -0.2) is 43.9 Å². The molecule has 2 heterocycles. The van der Waals surface area contributed by atoms with Gasteiger partial charge in [0.25, 0.3) is 5.91 Å². The van der Waals surface area contributed by atoms with Gasteiger partial charge in [0.15, 0.2) is 0 Å². The molecule has 1 aliphatic heterocycles. The van der Waals surface area contributed by atoms with Crippen LogP contribution in [0.25, 0.3) is 0 Å². The number of imide groups is 1. The maximum absolute atomic E-state index is 12.2. The number of hydrogen-bond donors (Lipinski definition) is 3. The molecule has 0 bridgehead atoms. The Hall–Kier alpha value is -2.48. The standard InChI is InChI=1S/C14H18N4O4/c1-4-14(3)12(21)18(13(22)17-14)16-6-10-9(7-19)5-15-8(2)11(10)20/h5-6,19-20H,4,7H2,1-3H3,(H,17,22)/b16-6+/t14-/m0/s1. The highest BCUT2D eigenvalue weighted by Crippen LogP contribution is 2.24. The van der Waals surface area contributed by atoms with Crippen LogP contribution in [-0.2, 0) is 11.4 Å². The van der Waals surface area contributed by atoms with Crippen molar-refractivity contribution in [1.82, 2.24) is 15.3 Å². The number of nitrogens with zero attached hydrogens (tertiary/aromatic N) is 3. The van der Waals surface area contributed by atoms with Crippen molar-refractivity contribution in [1.29, 1.82) is 0 Å². The summed E-state index contributed by atoms with van der Waals surface area (Å²) in [5.74, 6) is -0.618. The van der Waals surface area contributed by atoms with Crippen molar-refractivity contribution in [3.63, 3.8) is 0 Å². The molecular formula is C14H18N4O4. The molecule has 8 heteroatoms. The second-order valence-corrected chi connectivity index (χ2v) is 5.27. The Balaban J connectivity index is 2.36. The number of carbonyl (C=O) groups is 2. The van der Waals surface area contributed by atoms with Crippen molar-refractivity contribution in [3.05, 3.63) is 23.0 Å². The Morgan fingerprint density at radius 2 is 2.18 bits per heavy atom. The third-order valence-electron chi connectivity index (χ3n) is 3.78. The molecule has 1 fully saturated rings. The van der Waals surface area contributed by atoms with Gasteiger partial charge in [-0.15, -0.1) is 5.01 Å². The number of aromatic hydroxyl groups is 1. The lowest BCUT2D eigenvalue weighted by atomic mass is 10.00. The molecule has 0 unspecified atom stereocenters. The number of hydrogen-bond acceptors (Lipinski definition) is 6. The molecule has 8 nitrogen and oxygen atoms in total. The molecule has 3 amide bonds. The van der Waals surface area contributed by atoms with Gasteiger partial charge in [-0.1, -0.05) is 6.92 Å². The van der Waals surface area contributed by atoms with Gasteiger partial charge in [-0.05, 0) is 20.3 Å². The molecule has 22 heavy (non-hydrogen) atoms. The van der Waals surface area contributed by atoms with Crippen molar-refractivity contribution in [3.8, 4) is 5.75 Å². The Morgan fingerprint density at radius 1 is 1.50 bits per heavy atom. The van der Waals surface area contributed by atoms with E-state index in [0.29, 0.717) is 17.7 Å². The van der Waals surface area contributed by atoms with E-state index in [9.17, 15) is 19.8 Å². The number of amides is 3. The number of aryl methyl sites for hydroxylation is 1. The molecule has 1 atom stereocenters. The number of hydrazone groups is 1. The van der Waals surface area contributed by atoms with Crippen LogP contribution in [0.4, 0.5) is 4.79 Å². The highest BCUT2D eigenvalue weighted by atomic mass is 16.3. The van der Waals surface area contributed by atoms with Crippen molar-refractivity contribution < 1.29 is 19.8 Å². The van der Waals surface area contributed by atoms with Gasteiger partial charge in [0, 0.05) is 17.3 Å². The first-order chi connectivity index (χ1) is 10.3. The van der Waals surface area contributed by atoms with Crippen LogP contribution in [0.15, 0.2) is 11.3 Å². The minimum Gasteiger partial charge on any atom is -0.505 e. The number of aliphatic hydroxyl groups is 1. The predicted octanol–water partition coefficient (Wildman–Crippen LogP) is 0.642. The topological polar surface area (TPSA) is 115 Å². The van der Waals surface area contributed by atoms with Crippen molar-refractivity contribution >= 4 is 18.2 Å². The van der Waals surface area contributed by atoms with Crippen LogP contribution in [0.1, 0.15) is 37.1 Å². The molecule has 1 aromatic rings. The van der Waals surface area contributed by atoms with Crippen LogP contribution in [0, 0.1) is 6.92 Å². The summed E-state index contributed by atoms with van der Waals surface area (Å²) >= 11 is 0. The fraction of sp³-hybridized carbons (Fsp3) is 0.429. The molecule has 0 aliphatic carbocycles. The maximum atomic E-state index is 12.2. The van der Waals surface area contributed by atoms with E-state index in [4.69, 9.17) is 0 Å². The fourth-order valence-corrected chi connectivity index (χ4v) is 2.05. The van der Waals surface area contributed by atoms with Gasteiger partial charge in [0.2, 0.25) is 0 Å². The second kappa shape index (κ2) is 5.72. The zero-order chi connectivity index (χ0) is 16.5. The summed E-state index contributed by atoms with van der Waals surface area (Å²) in [5, 5.41) is 26.4. The molecule has 0 radical (unpaired) electrons. The number of carbonyl (C=O) groups excluding carboxylic acids is 2. The summed E-state index contributed by atoms with van der Waals surface area (Å²) in [7, 11) is 0. The normalized spacial score (nSPS) is 21.7. The Labute approximate surface area is 127 Å². The fourth-order valence-electron chi connectivity index (χ4n) is 2.05. The lowest BCUT2D eigenvalue weighted by Crippen LogP contribution is -2.42. The van der Waals surface area contributed by atoms with Crippen molar-refractivity contribution in [2.75, 3.05) is 0 Å². The highest BCUT2D eigenvalue weighted by Gasteiger charge is 2.46. The number of nitrogens with one attached hydrogen (secondary N) is 1. The second-order valence-electron chi connectivity index (χ2n) is 5.27. The number of aliphatic hydroxyl groups excluding tert-OH is 1. The summed E-state index contributed by atoms with van der Waals surface area (Å²) < 4.78 is 0. The van der Waals surface area contributed by atoms with Crippen LogP contribution >= 0.6 is 0 Å². The van der Waals surface area contributed by atoms with Crippen LogP contribution < -0.4 is 5.32 Å². The van der Waals surface area contributed by atoms with Crippen LogP contribution in [0.2, 0.25) is 0 Å². The number of urea groups is 1. The molecule has 1 aromatic heterocycles. The number of pyridine rings is 1. The lowest BCUT2D eigenvalue weighted by Gasteiger charge is -2.17. The molecule has 0 saturated carbocycles. The zero-order valence-corrected chi connectivity index (χ0v) is 12.6. The SMILES string of the molecule is CC[C@]1(C)NC(=O)N(/N=C/c2c(CO)cnc(C)c2O)C1=O. The smallest absolute Gasteiger partial charge is 0.346 e.